The van der Waals surface area contributed by atoms with Crippen molar-refractivity contribution in [3.63, 3.8) is 0 Å². The van der Waals surface area contributed by atoms with Crippen molar-refractivity contribution >= 4 is 40.4 Å². The number of nitrogens with one attached hydrogen (secondary N) is 1. The number of rotatable bonds is 4. The van der Waals surface area contributed by atoms with Crippen LogP contribution >= 0.6 is 22.9 Å². The topological polar surface area (TPSA) is 88.2 Å². The third-order valence-electron chi connectivity index (χ3n) is 2.20. The maximum Gasteiger partial charge on any atom is 0.354 e. The molecular weight excluding hydrogens is 274 g/mol. The second-order valence-electron chi connectivity index (χ2n) is 3.50. The third-order valence-corrected chi connectivity index (χ3v) is 3.44. The average molecular weight is 284 g/mol. The molecule has 2 aromatic heterocycles. The summed E-state index contributed by atoms with van der Waals surface area (Å²) >= 11 is 7.25. The van der Waals surface area contributed by atoms with Gasteiger partial charge in [-0.15, -0.1) is 11.3 Å². The van der Waals surface area contributed by atoms with Crippen molar-refractivity contribution in [2.24, 2.45) is 0 Å². The van der Waals surface area contributed by atoms with Crippen molar-refractivity contribution in [2.75, 3.05) is 11.1 Å². The molecule has 5 nitrogen and oxygen atoms in total. The molecule has 7 heteroatoms. The zero-order valence-corrected chi connectivity index (χ0v) is 10.8. The lowest BCUT2D eigenvalue weighted by Gasteiger charge is -2.07. The van der Waals surface area contributed by atoms with Gasteiger partial charge < -0.3 is 16.2 Å². The highest BCUT2D eigenvalue weighted by molar-refractivity contribution is 7.16. The van der Waals surface area contributed by atoms with Crippen LogP contribution in [0.5, 0.6) is 0 Å². The van der Waals surface area contributed by atoms with Crippen LogP contribution in [0, 0.1) is 0 Å². The predicted octanol–water partition coefficient (Wildman–Crippen LogP) is 2.69. The van der Waals surface area contributed by atoms with Gasteiger partial charge in [0.05, 0.1) is 16.6 Å². The van der Waals surface area contributed by atoms with E-state index < -0.39 is 5.97 Å². The van der Waals surface area contributed by atoms with E-state index in [9.17, 15) is 4.79 Å². The SMILES string of the molecule is Nc1ccc(C(=O)O)nc1NCc1ccc(Cl)s1. The molecule has 4 N–H and O–H groups in total. The fourth-order valence-corrected chi connectivity index (χ4v) is 2.38. The minimum absolute atomic E-state index is 0.0455. The predicted molar refractivity (Wildman–Crippen MR) is 72.3 cm³/mol. The van der Waals surface area contributed by atoms with Crippen LogP contribution in [-0.2, 0) is 6.54 Å². The standard InChI is InChI=1S/C11H10ClN3O2S/c12-9-4-1-6(18-9)5-14-10-7(13)2-3-8(15-10)11(16)17/h1-4H,5,13H2,(H,14,15)(H,16,17). The van der Waals surface area contributed by atoms with E-state index in [-0.39, 0.29) is 5.69 Å². The first kappa shape index (κ1) is 12.7. The molecule has 0 radical (unpaired) electrons. The van der Waals surface area contributed by atoms with Gasteiger partial charge in [-0.25, -0.2) is 9.78 Å². The number of nitrogens with zero attached hydrogens (tertiary/aromatic N) is 1. The van der Waals surface area contributed by atoms with Crippen molar-refractivity contribution in [2.45, 2.75) is 6.54 Å². The van der Waals surface area contributed by atoms with Crippen LogP contribution in [0.2, 0.25) is 4.34 Å². The number of carboxylic acids is 1. The monoisotopic (exact) mass is 283 g/mol. The number of nitrogens with two attached hydrogens (primary N) is 1. The van der Waals surface area contributed by atoms with E-state index in [1.165, 1.54) is 23.5 Å². The van der Waals surface area contributed by atoms with Crippen molar-refractivity contribution < 1.29 is 9.90 Å². The second kappa shape index (κ2) is 5.24. The van der Waals surface area contributed by atoms with E-state index in [2.05, 4.69) is 10.3 Å². The summed E-state index contributed by atoms with van der Waals surface area (Å²) in [6, 6.07) is 6.57. The molecule has 0 aliphatic rings. The fraction of sp³-hybridized carbons (Fsp3) is 0.0909. The fourth-order valence-electron chi connectivity index (χ4n) is 1.35. The molecular formula is C11H10ClN3O2S. The molecule has 0 spiro atoms. The van der Waals surface area contributed by atoms with Gasteiger partial charge in [0.15, 0.2) is 11.5 Å². The number of aromatic carboxylic acids is 1. The Morgan fingerprint density at radius 1 is 1.44 bits per heavy atom. The highest BCUT2D eigenvalue weighted by Gasteiger charge is 2.08. The Morgan fingerprint density at radius 2 is 2.22 bits per heavy atom. The molecule has 0 aromatic carbocycles. The molecule has 0 unspecified atom stereocenters. The van der Waals surface area contributed by atoms with E-state index >= 15 is 0 Å². The number of nitrogen functional groups attached to an aromatic ring is 1. The number of hydrogen-bond acceptors (Lipinski definition) is 5. The van der Waals surface area contributed by atoms with Crippen LogP contribution < -0.4 is 11.1 Å². The van der Waals surface area contributed by atoms with E-state index in [1.54, 1.807) is 6.07 Å². The Balaban J connectivity index is 2.13. The van der Waals surface area contributed by atoms with Crippen molar-refractivity contribution in [3.05, 3.63) is 39.2 Å². The molecule has 2 rings (SSSR count). The molecule has 94 valence electrons. The Kier molecular flexibility index (Phi) is 3.69. The number of halogens is 1. The Hall–Kier alpha value is -1.79. The summed E-state index contributed by atoms with van der Waals surface area (Å²) in [6.45, 7) is 0.498. The summed E-state index contributed by atoms with van der Waals surface area (Å²) in [5.41, 5.74) is 6.08. The van der Waals surface area contributed by atoms with E-state index in [1.807, 2.05) is 6.07 Å². The molecule has 18 heavy (non-hydrogen) atoms. The highest BCUT2D eigenvalue weighted by Crippen LogP contribution is 2.23. The van der Waals surface area contributed by atoms with Crippen LogP contribution in [-0.4, -0.2) is 16.1 Å². The molecule has 0 atom stereocenters. The number of hydrogen-bond donors (Lipinski definition) is 3. The van der Waals surface area contributed by atoms with Crippen LogP contribution in [0.25, 0.3) is 0 Å². The lowest BCUT2D eigenvalue weighted by molar-refractivity contribution is 0.0690. The Bertz CT molecular complexity index is 585. The van der Waals surface area contributed by atoms with Crippen molar-refractivity contribution in [1.29, 1.82) is 0 Å². The normalized spacial score (nSPS) is 10.3. The maximum absolute atomic E-state index is 10.8. The number of carbonyl (C=O) groups is 1. The van der Waals surface area contributed by atoms with Crippen molar-refractivity contribution in [3.8, 4) is 0 Å². The molecule has 0 saturated heterocycles. The summed E-state index contributed by atoms with van der Waals surface area (Å²) in [6.07, 6.45) is 0. The number of anilines is 2. The summed E-state index contributed by atoms with van der Waals surface area (Å²) in [5.74, 6) is -0.725. The average Bonchev–Trinajstić information content (AvgIpc) is 2.74. The molecule has 0 aliphatic heterocycles. The van der Waals surface area contributed by atoms with E-state index in [4.69, 9.17) is 22.4 Å². The highest BCUT2D eigenvalue weighted by atomic mass is 35.5. The van der Waals surface area contributed by atoms with E-state index in [0.29, 0.717) is 22.4 Å². The number of carboxylic acid groups (broad SMARTS) is 1. The van der Waals surface area contributed by atoms with Crippen LogP contribution in [0.15, 0.2) is 24.3 Å². The van der Waals surface area contributed by atoms with Gasteiger partial charge in [0, 0.05) is 4.88 Å². The minimum Gasteiger partial charge on any atom is -0.477 e. The van der Waals surface area contributed by atoms with Crippen LogP contribution in [0.4, 0.5) is 11.5 Å². The quantitative estimate of drug-likeness (QED) is 0.803. The third kappa shape index (κ3) is 2.91. The lowest BCUT2D eigenvalue weighted by atomic mass is 10.3. The summed E-state index contributed by atoms with van der Waals surface area (Å²) < 4.78 is 0.701. The lowest BCUT2D eigenvalue weighted by Crippen LogP contribution is -2.08. The first-order valence-corrected chi connectivity index (χ1v) is 6.23. The molecule has 0 saturated carbocycles. The maximum atomic E-state index is 10.8. The summed E-state index contributed by atoms with van der Waals surface area (Å²) in [7, 11) is 0. The molecule has 0 aliphatic carbocycles. The van der Waals surface area contributed by atoms with Gasteiger partial charge in [0.2, 0.25) is 0 Å². The van der Waals surface area contributed by atoms with Gasteiger partial charge in [0.25, 0.3) is 0 Å². The van der Waals surface area contributed by atoms with Crippen molar-refractivity contribution in [1.82, 2.24) is 4.98 Å². The first-order valence-electron chi connectivity index (χ1n) is 5.04. The number of thiophene rings is 1. The molecule has 0 amide bonds. The van der Waals surface area contributed by atoms with Gasteiger partial charge >= 0.3 is 5.97 Å². The largest absolute Gasteiger partial charge is 0.477 e. The van der Waals surface area contributed by atoms with E-state index in [0.717, 1.165) is 4.88 Å². The molecule has 0 fully saturated rings. The summed E-state index contributed by atoms with van der Waals surface area (Å²) in [4.78, 5) is 15.7. The number of aromatic nitrogens is 1. The Labute approximate surface area is 112 Å². The smallest absolute Gasteiger partial charge is 0.354 e. The molecule has 2 aromatic rings. The molecule has 0 bridgehead atoms. The van der Waals surface area contributed by atoms with Crippen LogP contribution in [0.1, 0.15) is 15.4 Å². The zero-order valence-electron chi connectivity index (χ0n) is 9.18. The van der Waals surface area contributed by atoms with Crippen LogP contribution in [0.3, 0.4) is 0 Å². The van der Waals surface area contributed by atoms with Gasteiger partial charge in [-0.3, -0.25) is 0 Å². The second-order valence-corrected chi connectivity index (χ2v) is 5.30. The molecule has 2 heterocycles. The minimum atomic E-state index is -1.09. The summed E-state index contributed by atoms with van der Waals surface area (Å²) in [5, 5.41) is 11.8. The van der Waals surface area contributed by atoms with Gasteiger partial charge in [-0.1, -0.05) is 11.6 Å². The van der Waals surface area contributed by atoms with Gasteiger partial charge in [0.1, 0.15) is 0 Å². The number of pyridine rings is 1. The first-order chi connectivity index (χ1) is 8.56. The zero-order chi connectivity index (χ0) is 13.1. The van der Waals surface area contributed by atoms with Gasteiger partial charge in [-0.2, -0.15) is 0 Å². The Morgan fingerprint density at radius 3 is 2.83 bits per heavy atom. The van der Waals surface area contributed by atoms with Gasteiger partial charge in [-0.05, 0) is 24.3 Å².